The molecule has 0 aromatic heterocycles. The summed E-state index contributed by atoms with van der Waals surface area (Å²) >= 11 is 0. The molecule has 0 aliphatic carbocycles. The Hall–Kier alpha value is -1.10. The van der Waals surface area contributed by atoms with Crippen LogP contribution in [0.2, 0.25) is 0 Å². The Morgan fingerprint density at radius 2 is 2.19 bits per heavy atom. The zero-order chi connectivity index (χ0) is 15.2. The van der Waals surface area contributed by atoms with Crippen molar-refractivity contribution in [2.75, 3.05) is 20.3 Å². The van der Waals surface area contributed by atoms with E-state index in [1.54, 1.807) is 7.11 Å². The molecule has 0 bridgehead atoms. The maximum Gasteiger partial charge on any atom is 0.119 e. The number of nitrogens with zero attached hydrogens (tertiary/aromatic N) is 1. The summed E-state index contributed by atoms with van der Waals surface area (Å²) < 4.78 is 5.34. The molecule has 1 aromatic carbocycles. The summed E-state index contributed by atoms with van der Waals surface area (Å²) in [6.07, 6.45) is 4.63. The lowest BCUT2D eigenvalue weighted by Gasteiger charge is -2.38. The van der Waals surface area contributed by atoms with Gasteiger partial charge in [-0.05, 0) is 44.0 Å². The van der Waals surface area contributed by atoms with E-state index in [4.69, 9.17) is 10.5 Å². The summed E-state index contributed by atoms with van der Waals surface area (Å²) in [4.78, 5) is 2.40. The van der Waals surface area contributed by atoms with E-state index in [0.717, 1.165) is 18.7 Å². The first-order chi connectivity index (χ1) is 10.2. The Morgan fingerprint density at radius 3 is 2.86 bits per heavy atom. The van der Waals surface area contributed by atoms with Crippen LogP contribution in [0.4, 0.5) is 0 Å². The Bertz CT molecular complexity index is 437. The van der Waals surface area contributed by atoms with Crippen LogP contribution in [0.25, 0.3) is 0 Å². The highest BCUT2D eigenvalue weighted by molar-refractivity contribution is 5.31. The Kier molecular flexibility index (Phi) is 6.03. The van der Waals surface area contributed by atoms with Gasteiger partial charge in [-0.1, -0.05) is 25.0 Å². The van der Waals surface area contributed by atoms with Gasteiger partial charge in [-0.3, -0.25) is 4.90 Å². The molecule has 3 N–H and O–H groups in total. The average molecular weight is 292 g/mol. The van der Waals surface area contributed by atoms with Gasteiger partial charge in [0.25, 0.3) is 0 Å². The molecule has 1 aliphatic heterocycles. The minimum absolute atomic E-state index is 0.00394. The predicted octanol–water partition coefficient (Wildman–Crippen LogP) is 2.32. The molecule has 1 fully saturated rings. The summed E-state index contributed by atoms with van der Waals surface area (Å²) in [7, 11) is 1.68. The van der Waals surface area contributed by atoms with E-state index in [0.29, 0.717) is 0 Å². The van der Waals surface area contributed by atoms with Crippen LogP contribution in [0.3, 0.4) is 0 Å². The highest BCUT2D eigenvalue weighted by Crippen LogP contribution is 2.31. The molecule has 0 spiro atoms. The quantitative estimate of drug-likeness (QED) is 0.874. The van der Waals surface area contributed by atoms with Crippen molar-refractivity contribution in [1.82, 2.24) is 4.90 Å². The number of likely N-dealkylation sites (tertiary alicyclic amines) is 1. The van der Waals surface area contributed by atoms with Gasteiger partial charge in [0.2, 0.25) is 0 Å². The number of ether oxygens (including phenoxy) is 1. The van der Waals surface area contributed by atoms with E-state index < -0.39 is 0 Å². The minimum atomic E-state index is 0.00394. The third kappa shape index (κ3) is 3.96. The molecule has 1 aliphatic rings. The van der Waals surface area contributed by atoms with E-state index in [9.17, 15) is 5.11 Å². The van der Waals surface area contributed by atoms with Crippen LogP contribution in [-0.2, 0) is 0 Å². The second kappa shape index (κ2) is 7.78. The topological polar surface area (TPSA) is 58.7 Å². The first kappa shape index (κ1) is 16.3. The van der Waals surface area contributed by atoms with Crippen molar-refractivity contribution in [2.24, 2.45) is 5.73 Å². The lowest BCUT2D eigenvalue weighted by atomic mass is 9.96. The smallest absolute Gasteiger partial charge is 0.119 e. The van der Waals surface area contributed by atoms with Crippen molar-refractivity contribution >= 4 is 0 Å². The third-order valence-electron chi connectivity index (χ3n) is 4.42. The van der Waals surface area contributed by atoms with Crippen molar-refractivity contribution in [3.63, 3.8) is 0 Å². The van der Waals surface area contributed by atoms with Gasteiger partial charge in [0, 0.05) is 12.1 Å². The second-order valence-electron chi connectivity index (χ2n) is 6.00. The zero-order valence-corrected chi connectivity index (χ0v) is 13.2. The van der Waals surface area contributed by atoms with Crippen LogP contribution in [-0.4, -0.2) is 42.4 Å². The molecule has 0 amide bonds. The number of nitrogens with two attached hydrogens (primary N) is 1. The minimum Gasteiger partial charge on any atom is -0.497 e. The van der Waals surface area contributed by atoms with E-state index >= 15 is 0 Å². The van der Waals surface area contributed by atoms with Crippen molar-refractivity contribution < 1.29 is 9.84 Å². The zero-order valence-electron chi connectivity index (χ0n) is 13.2. The lowest BCUT2D eigenvalue weighted by Crippen LogP contribution is -2.46. The monoisotopic (exact) mass is 292 g/mol. The van der Waals surface area contributed by atoms with Crippen LogP contribution in [0.15, 0.2) is 24.3 Å². The summed E-state index contributed by atoms with van der Waals surface area (Å²) in [6, 6.07) is 8.46. The van der Waals surface area contributed by atoms with Crippen molar-refractivity contribution in [1.29, 1.82) is 0 Å². The fourth-order valence-electron chi connectivity index (χ4n) is 3.38. The maximum absolute atomic E-state index is 9.76. The highest BCUT2D eigenvalue weighted by Gasteiger charge is 2.30. The molecule has 4 nitrogen and oxygen atoms in total. The molecule has 3 atom stereocenters. The number of aliphatic hydroxyl groups excluding tert-OH is 1. The molecule has 21 heavy (non-hydrogen) atoms. The van der Waals surface area contributed by atoms with Gasteiger partial charge in [0.15, 0.2) is 0 Å². The van der Waals surface area contributed by atoms with E-state index in [2.05, 4.69) is 17.0 Å². The van der Waals surface area contributed by atoms with Gasteiger partial charge in [0.05, 0.1) is 19.8 Å². The average Bonchev–Trinajstić information content (AvgIpc) is 2.73. The number of benzene rings is 1. The summed E-state index contributed by atoms with van der Waals surface area (Å²) in [6.45, 7) is 3.24. The van der Waals surface area contributed by atoms with Crippen molar-refractivity contribution in [3.05, 3.63) is 29.8 Å². The lowest BCUT2D eigenvalue weighted by molar-refractivity contribution is 0.0746. The van der Waals surface area contributed by atoms with Gasteiger partial charge in [-0.15, -0.1) is 0 Å². The molecular formula is C17H28N2O2. The molecule has 0 saturated carbocycles. The fraction of sp³-hybridized carbons (Fsp3) is 0.647. The third-order valence-corrected chi connectivity index (χ3v) is 4.42. The van der Waals surface area contributed by atoms with Gasteiger partial charge in [0.1, 0.15) is 5.75 Å². The van der Waals surface area contributed by atoms with Crippen LogP contribution in [0, 0.1) is 0 Å². The van der Waals surface area contributed by atoms with Gasteiger partial charge in [-0.25, -0.2) is 0 Å². The SMILES string of the molecule is COc1cccc(C(C(C)N)N2CCCCCC2CO)c1. The largest absolute Gasteiger partial charge is 0.497 e. The summed E-state index contributed by atoms with van der Waals surface area (Å²) in [5.41, 5.74) is 7.47. The normalized spacial score (nSPS) is 23.3. The molecule has 3 unspecified atom stereocenters. The van der Waals surface area contributed by atoms with Crippen LogP contribution >= 0.6 is 0 Å². The fourth-order valence-corrected chi connectivity index (χ4v) is 3.38. The molecule has 2 rings (SSSR count). The van der Waals surface area contributed by atoms with Gasteiger partial charge < -0.3 is 15.6 Å². The molecule has 0 radical (unpaired) electrons. The van der Waals surface area contributed by atoms with Gasteiger partial charge >= 0.3 is 0 Å². The van der Waals surface area contributed by atoms with E-state index in [1.807, 2.05) is 19.1 Å². The number of hydrogen-bond acceptors (Lipinski definition) is 4. The van der Waals surface area contributed by atoms with Crippen molar-refractivity contribution in [3.8, 4) is 5.75 Å². The van der Waals surface area contributed by atoms with Crippen LogP contribution in [0.5, 0.6) is 5.75 Å². The Labute approximate surface area is 127 Å². The van der Waals surface area contributed by atoms with E-state index in [1.165, 1.54) is 24.8 Å². The Balaban J connectivity index is 2.31. The maximum atomic E-state index is 9.76. The standard InChI is InChI=1S/C17H28N2O2/c1-13(18)17(14-7-6-9-16(11-14)21-2)19-10-5-3-4-8-15(19)12-20/h6-7,9,11,13,15,17,20H,3-5,8,10,12,18H2,1-2H3. The molecule has 1 aromatic rings. The van der Waals surface area contributed by atoms with Crippen molar-refractivity contribution in [2.45, 2.75) is 50.7 Å². The summed E-state index contributed by atoms with van der Waals surface area (Å²) in [5, 5.41) is 9.76. The number of methoxy groups -OCH3 is 1. The molecule has 4 heteroatoms. The van der Waals surface area contributed by atoms with Crippen LogP contribution in [0.1, 0.15) is 44.2 Å². The Morgan fingerprint density at radius 1 is 1.38 bits per heavy atom. The summed E-state index contributed by atoms with van der Waals surface area (Å²) in [5.74, 6) is 0.855. The number of rotatable bonds is 5. The van der Waals surface area contributed by atoms with Crippen LogP contribution < -0.4 is 10.5 Å². The molecule has 1 saturated heterocycles. The highest BCUT2D eigenvalue weighted by atomic mass is 16.5. The molecule has 1 heterocycles. The molecular weight excluding hydrogens is 264 g/mol. The molecule has 118 valence electrons. The second-order valence-corrected chi connectivity index (χ2v) is 6.00. The number of aliphatic hydroxyl groups is 1. The first-order valence-electron chi connectivity index (χ1n) is 7.93. The van der Waals surface area contributed by atoms with Gasteiger partial charge in [-0.2, -0.15) is 0 Å². The van der Waals surface area contributed by atoms with E-state index in [-0.39, 0.29) is 24.7 Å². The first-order valence-corrected chi connectivity index (χ1v) is 7.93. The number of hydrogen-bond donors (Lipinski definition) is 2. The predicted molar refractivity (Wildman–Crippen MR) is 85.4 cm³/mol.